The second kappa shape index (κ2) is 8.87. The number of benzene rings is 2. The second-order valence-corrected chi connectivity index (χ2v) is 8.55. The molecule has 6 heteroatoms. The van der Waals surface area contributed by atoms with Crippen molar-refractivity contribution >= 4 is 27.7 Å². The first-order valence-corrected chi connectivity index (χ1v) is 11.6. The number of pyridine rings is 1. The highest BCUT2D eigenvalue weighted by molar-refractivity contribution is 6.16. The highest BCUT2D eigenvalue weighted by Gasteiger charge is 2.34. The number of fused-ring (bicyclic) bond motifs is 3. The summed E-state index contributed by atoms with van der Waals surface area (Å²) < 4.78 is 11.6. The molecule has 4 aromatic rings. The Morgan fingerprint density at radius 2 is 1.91 bits per heavy atom. The Balaban J connectivity index is 1.89. The first-order chi connectivity index (χ1) is 16.1. The molecule has 170 valence electrons. The minimum atomic E-state index is -0.437. The van der Waals surface area contributed by atoms with E-state index in [9.17, 15) is 9.90 Å². The maximum absolute atomic E-state index is 13.1. The lowest BCUT2D eigenvalue weighted by Crippen LogP contribution is -2.34. The quantitative estimate of drug-likeness (QED) is 0.395. The van der Waals surface area contributed by atoms with Crippen molar-refractivity contribution in [1.82, 2.24) is 9.88 Å². The van der Waals surface area contributed by atoms with Crippen molar-refractivity contribution in [3.63, 3.8) is 0 Å². The summed E-state index contributed by atoms with van der Waals surface area (Å²) in [6.45, 7) is 5.63. The Kier molecular flexibility index (Phi) is 5.77. The van der Waals surface area contributed by atoms with Crippen LogP contribution < -0.4 is 0 Å². The summed E-state index contributed by atoms with van der Waals surface area (Å²) in [5.74, 6) is 0.223. The predicted octanol–water partition coefficient (Wildman–Crippen LogP) is 5.75. The molecule has 1 aliphatic rings. The minimum absolute atomic E-state index is 0.170. The van der Waals surface area contributed by atoms with Gasteiger partial charge in [-0.2, -0.15) is 0 Å². The smallest absolute Gasteiger partial charge is 0.342 e. The molecule has 33 heavy (non-hydrogen) atoms. The van der Waals surface area contributed by atoms with E-state index >= 15 is 0 Å². The van der Waals surface area contributed by atoms with Crippen LogP contribution in [0, 0.1) is 6.92 Å². The van der Waals surface area contributed by atoms with Gasteiger partial charge in [-0.05, 0) is 51.4 Å². The molecule has 0 spiro atoms. The first-order valence-electron chi connectivity index (χ1n) is 11.6. The lowest BCUT2D eigenvalue weighted by molar-refractivity contribution is 0.0526. The van der Waals surface area contributed by atoms with Crippen LogP contribution in [0.2, 0.25) is 0 Å². The molecule has 0 radical (unpaired) electrons. The number of carbonyl (C=O) groups excluding carboxylic acids is 1. The Bertz CT molecular complexity index is 1310. The predicted molar refractivity (Wildman–Crippen MR) is 128 cm³/mol. The van der Waals surface area contributed by atoms with E-state index in [0.717, 1.165) is 36.9 Å². The fourth-order valence-corrected chi connectivity index (χ4v) is 5.13. The lowest BCUT2D eigenvalue weighted by Gasteiger charge is -2.36. The number of phenolic OH excluding ortho intramolecular Hbond substituents is 1. The summed E-state index contributed by atoms with van der Waals surface area (Å²) >= 11 is 0. The van der Waals surface area contributed by atoms with Gasteiger partial charge in [0, 0.05) is 34.1 Å². The van der Waals surface area contributed by atoms with Crippen LogP contribution in [0.1, 0.15) is 59.5 Å². The van der Waals surface area contributed by atoms with Crippen molar-refractivity contribution in [3.8, 4) is 5.75 Å². The molecule has 5 rings (SSSR count). The Morgan fingerprint density at radius 3 is 2.61 bits per heavy atom. The minimum Gasteiger partial charge on any atom is -0.507 e. The van der Waals surface area contributed by atoms with Crippen LogP contribution in [0.15, 0.2) is 53.2 Å². The highest BCUT2D eigenvalue weighted by atomic mass is 16.5. The van der Waals surface area contributed by atoms with Gasteiger partial charge in [-0.25, -0.2) is 4.79 Å². The van der Waals surface area contributed by atoms with Crippen molar-refractivity contribution in [2.75, 3.05) is 19.7 Å². The van der Waals surface area contributed by atoms with Crippen molar-refractivity contribution in [2.24, 2.45) is 0 Å². The van der Waals surface area contributed by atoms with Crippen LogP contribution in [0.3, 0.4) is 0 Å². The number of ether oxygens (including phenoxy) is 1. The monoisotopic (exact) mass is 444 g/mol. The average Bonchev–Trinajstić information content (AvgIpc) is 3.20. The summed E-state index contributed by atoms with van der Waals surface area (Å²) in [4.78, 5) is 19.8. The van der Waals surface area contributed by atoms with E-state index in [1.54, 1.807) is 20.0 Å². The van der Waals surface area contributed by atoms with E-state index in [1.165, 1.54) is 6.42 Å². The van der Waals surface area contributed by atoms with Crippen LogP contribution >= 0.6 is 0 Å². The highest BCUT2D eigenvalue weighted by Crippen LogP contribution is 2.47. The van der Waals surface area contributed by atoms with E-state index in [0.29, 0.717) is 33.2 Å². The number of hydrogen-bond acceptors (Lipinski definition) is 6. The Labute approximate surface area is 192 Å². The number of carbonyl (C=O) groups is 1. The van der Waals surface area contributed by atoms with Crippen molar-refractivity contribution in [1.29, 1.82) is 0 Å². The Morgan fingerprint density at radius 1 is 1.15 bits per heavy atom. The Hall–Kier alpha value is -3.38. The van der Waals surface area contributed by atoms with E-state index < -0.39 is 5.97 Å². The number of nitrogens with zero attached hydrogens (tertiary/aromatic N) is 2. The molecule has 1 saturated heterocycles. The molecular weight excluding hydrogens is 416 g/mol. The number of rotatable bonds is 5. The van der Waals surface area contributed by atoms with Gasteiger partial charge < -0.3 is 14.3 Å². The second-order valence-electron chi connectivity index (χ2n) is 8.55. The third kappa shape index (κ3) is 3.64. The number of aryl methyl sites for hydroxylation is 1. The zero-order valence-electron chi connectivity index (χ0n) is 19.0. The van der Waals surface area contributed by atoms with Crippen LogP contribution in [-0.4, -0.2) is 40.7 Å². The zero-order valence-corrected chi connectivity index (χ0v) is 19.0. The summed E-state index contributed by atoms with van der Waals surface area (Å²) in [7, 11) is 0. The molecule has 0 amide bonds. The van der Waals surface area contributed by atoms with E-state index in [2.05, 4.69) is 9.88 Å². The van der Waals surface area contributed by atoms with Gasteiger partial charge in [0.1, 0.15) is 22.7 Å². The van der Waals surface area contributed by atoms with E-state index in [-0.39, 0.29) is 18.4 Å². The van der Waals surface area contributed by atoms with Gasteiger partial charge in [0.2, 0.25) is 0 Å². The topological polar surface area (TPSA) is 75.8 Å². The summed E-state index contributed by atoms with van der Waals surface area (Å²) in [6.07, 6.45) is 6.95. The van der Waals surface area contributed by atoms with Gasteiger partial charge in [0.15, 0.2) is 0 Å². The fourth-order valence-electron chi connectivity index (χ4n) is 5.13. The summed E-state index contributed by atoms with van der Waals surface area (Å²) in [5, 5.41) is 13.8. The molecule has 0 unspecified atom stereocenters. The van der Waals surface area contributed by atoms with Gasteiger partial charge in [0.25, 0.3) is 0 Å². The van der Waals surface area contributed by atoms with Crippen LogP contribution in [-0.2, 0) is 4.74 Å². The molecular formula is C27H28N2O4. The number of likely N-dealkylation sites (tertiary alicyclic amines) is 1. The molecule has 6 nitrogen and oxygen atoms in total. The maximum Gasteiger partial charge on any atom is 0.342 e. The standard InChI is InChI=1S/C27H28N2O4/c1-3-32-27(31)21-17(2)33-26-20-12-6-5-11-19(20)25(30)23(22(21)26)24(18-10-9-13-28-16-18)29-14-7-4-8-15-29/h5-6,9-13,16,24,30H,3-4,7-8,14-15H2,1-2H3/t24-/m0/s1. The molecule has 0 saturated carbocycles. The largest absolute Gasteiger partial charge is 0.507 e. The average molecular weight is 445 g/mol. The van der Waals surface area contributed by atoms with Crippen LogP contribution in [0.5, 0.6) is 5.75 Å². The molecule has 0 aliphatic carbocycles. The molecule has 3 heterocycles. The molecule has 2 aromatic carbocycles. The number of piperidine rings is 1. The number of aromatic hydroxyl groups is 1. The number of esters is 1. The van der Waals surface area contributed by atoms with E-state index in [4.69, 9.17) is 9.15 Å². The molecule has 1 N–H and O–H groups in total. The number of furan rings is 1. The first kappa shape index (κ1) is 21.5. The van der Waals surface area contributed by atoms with Gasteiger partial charge in [-0.15, -0.1) is 0 Å². The zero-order chi connectivity index (χ0) is 22.9. The van der Waals surface area contributed by atoms with Gasteiger partial charge >= 0.3 is 5.97 Å². The normalized spacial score (nSPS) is 15.7. The van der Waals surface area contributed by atoms with Crippen molar-refractivity contribution in [2.45, 2.75) is 39.2 Å². The maximum atomic E-state index is 13.1. The summed E-state index contributed by atoms with van der Waals surface area (Å²) in [6, 6.07) is 11.3. The van der Waals surface area contributed by atoms with Crippen LogP contribution in [0.25, 0.3) is 21.7 Å². The number of hydrogen-bond donors (Lipinski definition) is 1. The van der Waals surface area contributed by atoms with Crippen molar-refractivity contribution < 1.29 is 19.1 Å². The number of aromatic nitrogens is 1. The van der Waals surface area contributed by atoms with Gasteiger partial charge in [-0.3, -0.25) is 9.88 Å². The molecule has 1 aliphatic heterocycles. The molecule has 1 atom stereocenters. The fraction of sp³-hybridized carbons (Fsp3) is 0.333. The molecule has 1 fully saturated rings. The van der Waals surface area contributed by atoms with Crippen molar-refractivity contribution in [3.05, 3.63) is 71.2 Å². The van der Waals surface area contributed by atoms with Gasteiger partial charge in [0.05, 0.1) is 12.6 Å². The van der Waals surface area contributed by atoms with Crippen LogP contribution in [0.4, 0.5) is 0 Å². The summed E-state index contributed by atoms with van der Waals surface area (Å²) in [5.41, 5.74) is 2.64. The molecule has 2 aromatic heterocycles. The third-order valence-electron chi connectivity index (χ3n) is 6.54. The molecule has 0 bridgehead atoms. The number of phenols is 1. The lowest BCUT2D eigenvalue weighted by atomic mass is 9.88. The SMILES string of the molecule is CCOC(=O)c1c(C)oc2c1c([C@H](c1cccnc1)N1CCCCC1)c(O)c1ccccc12. The third-order valence-corrected chi connectivity index (χ3v) is 6.54. The van der Waals surface area contributed by atoms with E-state index in [1.807, 2.05) is 42.6 Å². The van der Waals surface area contributed by atoms with Gasteiger partial charge in [-0.1, -0.05) is 36.8 Å².